The first-order valence-corrected chi connectivity index (χ1v) is 6.06. The second-order valence-corrected chi connectivity index (χ2v) is 4.57. The Labute approximate surface area is 105 Å². The molecule has 0 unspecified atom stereocenters. The van der Waals surface area contributed by atoms with E-state index in [9.17, 15) is 9.59 Å². The third-order valence-corrected chi connectivity index (χ3v) is 3.07. The van der Waals surface area contributed by atoms with Crippen molar-refractivity contribution in [2.45, 2.75) is 32.8 Å². The lowest BCUT2D eigenvalue weighted by Crippen LogP contribution is -2.36. The van der Waals surface area contributed by atoms with Crippen molar-refractivity contribution in [3.8, 4) is 0 Å². The number of nitrogens with one attached hydrogen (secondary N) is 2. The smallest absolute Gasteiger partial charge is 0.347 e. The number of amides is 1. The molecular weight excluding hydrogens is 234 g/mol. The molecule has 1 aromatic rings. The molecule has 6 heteroatoms. The quantitative estimate of drug-likeness (QED) is 0.815. The highest BCUT2D eigenvalue weighted by Crippen LogP contribution is 2.21. The highest BCUT2D eigenvalue weighted by molar-refractivity contribution is 5.92. The van der Waals surface area contributed by atoms with Crippen LogP contribution in [-0.4, -0.2) is 28.6 Å². The van der Waals surface area contributed by atoms with Crippen LogP contribution in [0.1, 0.15) is 25.5 Å². The minimum atomic E-state index is -0.460. The van der Waals surface area contributed by atoms with Crippen LogP contribution < -0.4 is 11.0 Å². The van der Waals surface area contributed by atoms with E-state index in [-0.39, 0.29) is 17.9 Å². The summed E-state index contributed by atoms with van der Waals surface area (Å²) in [6.45, 7) is 4.33. The fraction of sp³-hybridized carbons (Fsp3) is 0.583. The lowest BCUT2D eigenvalue weighted by molar-refractivity contribution is -0.127. The van der Waals surface area contributed by atoms with Gasteiger partial charge in [-0.05, 0) is 26.7 Å². The number of aromatic nitrogens is 2. The second-order valence-electron chi connectivity index (χ2n) is 4.57. The van der Waals surface area contributed by atoms with Gasteiger partial charge < -0.3 is 15.0 Å². The van der Waals surface area contributed by atoms with E-state index in [0.717, 1.165) is 12.8 Å². The summed E-state index contributed by atoms with van der Waals surface area (Å²) in [5.41, 5.74) is 0.205. The van der Waals surface area contributed by atoms with Gasteiger partial charge in [0.05, 0.1) is 12.0 Å². The van der Waals surface area contributed by atoms with E-state index in [0.29, 0.717) is 18.1 Å². The van der Waals surface area contributed by atoms with Crippen LogP contribution in [-0.2, 0) is 9.53 Å². The normalized spacial score (nSPS) is 23.7. The van der Waals surface area contributed by atoms with Crippen molar-refractivity contribution >= 4 is 11.7 Å². The molecule has 1 saturated heterocycles. The van der Waals surface area contributed by atoms with Gasteiger partial charge in [-0.1, -0.05) is 0 Å². The maximum atomic E-state index is 12.1. The van der Waals surface area contributed by atoms with Crippen LogP contribution in [0.2, 0.25) is 0 Å². The molecule has 6 nitrogen and oxygen atoms in total. The van der Waals surface area contributed by atoms with Gasteiger partial charge in [-0.15, -0.1) is 0 Å². The lowest BCUT2D eigenvalue weighted by Gasteiger charge is -2.27. The molecule has 98 valence electrons. The van der Waals surface area contributed by atoms with E-state index in [1.165, 1.54) is 0 Å². The highest BCUT2D eigenvalue weighted by atomic mass is 16.5. The number of carbonyl (C=O) groups is 1. The predicted octanol–water partition coefficient (Wildman–Crippen LogP) is 0.832. The number of carbonyl (C=O) groups excluding carboxylic acids is 1. The minimum absolute atomic E-state index is 0.0955. The maximum absolute atomic E-state index is 12.1. The predicted molar refractivity (Wildman–Crippen MR) is 66.4 cm³/mol. The van der Waals surface area contributed by atoms with Crippen LogP contribution in [0.25, 0.3) is 0 Å². The first-order valence-electron chi connectivity index (χ1n) is 6.06. The number of rotatable bonds is 2. The van der Waals surface area contributed by atoms with Crippen LogP contribution >= 0.6 is 0 Å². The van der Waals surface area contributed by atoms with Gasteiger partial charge in [-0.25, -0.2) is 4.79 Å². The molecule has 1 aliphatic rings. The third kappa shape index (κ3) is 2.95. The van der Waals surface area contributed by atoms with E-state index >= 15 is 0 Å². The molecule has 0 bridgehead atoms. The molecule has 18 heavy (non-hydrogen) atoms. The van der Waals surface area contributed by atoms with E-state index < -0.39 is 5.69 Å². The summed E-state index contributed by atoms with van der Waals surface area (Å²) in [5, 5.41) is 2.67. The summed E-state index contributed by atoms with van der Waals surface area (Å²) in [6.07, 6.45) is 1.58. The number of ether oxygens (including phenoxy) is 1. The summed E-state index contributed by atoms with van der Waals surface area (Å²) in [6, 6.07) is 1.63. The molecular formula is C12H17N3O3. The van der Waals surface area contributed by atoms with Crippen LogP contribution in [0.4, 0.5) is 5.82 Å². The summed E-state index contributed by atoms with van der Waals surface area (Å²) < 4.78 is 5.45. The summed E-state index contributed by atoms with van der Waals surface area (Å²) in [7, 11) is 0. The van der Waals surface area contributed by atoms with Gasteiger partial charge in [0, 0.05) is 18.4 Å². The Kier molecular flexibility index (Phi) is 3.76. The molecule has 0 aromatic carbocycles. The zero-order valence-corrected chi connectivity index (χ0v) is 10.5. The van der Waals surface area contributed by atoms with Gasteiger partial charge in [-0.3, -0.25) is 4.79 Å². The van der Waals surface area contributed by atoms with E-state index in [1.807, 2.05) is 6.92 Å². The monoisotopic (exact) mass is 251 g/mol. The maximum Gasteiger partial charge on any atom is 0.347 e. The zero-order chi connectivity index (χ0) is 13.1. The van der Waals surface area contributed by atoms with Gasteiger partial charge in [0.25, 0.3) is 0 Å². The first kappa shape index (κ1) is 12.8. The summed E-state index contributed by atoms with van der Waals surface area (Å²) in [4.78, 5) is 29.5. The van der Waals surface area contributed by atoms with Crippen LogP contribution in [0, 0.1) is 12.8 Å². The van der Waals surface area contributed by atoms with Crippen LogP contribution in [0.3, 0.4) is 0 Å². The number of hydrogen-bond acceptors (Lipinski definition) is 4. The largest absolute Gasteiger partial charge is 0.378 e. The standard InChI is InChI=1S/C12H17N3O3/c1-7-6-10(15-12(17)13-7)14-11(16)9-4-3-5-18-8(9)2/h6,8-9H,3-5H2,1-2H3,(H2,13,14,15,16,17)/t8-,9-/m1/s1. The van der Waals surface area contributed by atoms with Crippen LogP contribution in [0.5, 0.6) is 0 Å². The number of aryl methyl sites for hydroxylation is 1. The SMILES string of the molecule is Cc1cc(NC(=O)[C@@H]2CCCO[C@@H]2C)nc(=O)[nH]1. The highest BCUT2D eigenvalue weighted by Gasteiger charge is 2.28. The van der Waals surface area contributed by atoms with Gasteiger partial charge >= 0.3 is 5.69 Å². The van der Waals surface area contributed by atoms with Crippen molar-refractivity contribution < 1.29 is 9.53 Å². The fourth-order valence-corrected chi connectivity index (χ4v) is 2.13. The number of hydrogen-bond donors (Lipinski definition) is 2. The van der Waals surface area contributed by atoms with E-state index in [2.05, 4.69) is 15.3 Å². The van der Waals surface area contributed by atoms with Crippen molar-refractivity contribution in [1.29, 1.82) is 0 Å². The Hall–Kier alpha value is -1.69. The molecule has 1 aromatic heterocycles. The van der Waals surface area contributed by atoms with Gasteiger partial charge in [0.2, 0.25) is 5.91 Å². The van der Waals surface area contributed by atoms with Gasteiger partial charge in [0.15, 0.2) is 0 Å². The Balaban J connectivity index is 2.08. The molecule has 2 rings (SSSR count). The molecule has 1 amide bonds. The Morgan fingerprint density at radius 1 is 1.61 bits per heavy atom. The number of nitrogens with zero attached hydrogens (tertiary/aromatic N) is 1. The molecule has 1 fully saturated rings. The number of anilines is 1. The molecule has 0 spiro atoms. The van der Waals surface area contributed by atoms with Crippen molar-refractivity contribution in [2.75, 3.05) is 11.9 Å². The fourth-order valence-electron chi connectivity index (χ4n) is 2.13. The van der Waals surface area contributed by atoms with E-state index in [1.54, 1.807) is 13.0 Å². The first-order chi connectivity index (χ1) is 8.56. The minimum Gasteiger partial charge on any atom is -0.378 e. The molecule has 0 saturated carbocycles. The summed E-state index contributed by atoms with van der Waals surface area (Å²) >= 11 is 0. The lowest BCUT2D eigenvalue weighted by atomic mass is 9.94. The van der Waals surface area contributed by atoms with Crippen molar-refractivity contribution in [3.63, 3.8) is 0 Å². The molecule has 2 N–H and O–H groups in total. The van der Waals surface area contributed by atoms with Crippen molar-refractivity contribution in [3.05, 3.63) is 22.2 Å². The Bertz CT molecular complexity index is 498. The Morgan fingerprint density at radius 2 is 2.39 bits per heavy atom. The molecule has 1 aliphatic heterocycles. The third-order valence-electron chi connectivity index (χ3n) is 3.07. The zero-order valence-electron chi connectivity index (χ0n) is 10.5. The number of aromatic amines is 1. The van der Waals surface area contributed by atoms with Gasteiger partial charge in [0.1, 0.15) is 5.82 Å². The van der Waals surface area contributed by atoms with Crippen molar-refractivity contribution in [2.24, 2.45) is 5.92 Å². The second kappa shape index (κ2) is 5.30. The average molecular weight is 251 g/mol. The van der Waals surface area contributed by atoms with Crippen LogP contribution in [0.15, 0.2) is 10.9 Å². The number of H-pyrrole nitrogens is 1. The van der Waals surface area contributed by atoms with E-state index in [4.69, 9.17) is 4.74 Å². The topological polar surface area (TPSA) is 84.1 Å². The average Bonchev–Trinajstić information content (AvgIpc) is 2.27. The Morgan fingerprint density at radius 3 is 3.06 bits per heavy atom. The van der Waals surface area contributed by atoms with Crippen molar-refractivity contribution in [1.82, 2.24) is 9.97 Å². The molecule has 0 aliphatic carbocycles. The van der Waals surface area contributed by atoms with Gasteiger partial charge in [-0.2, -0.15) is 4.98 Å². The molecule has 2 atom stereocenters. The molecule has 2 heterocycles. The molecule has 0 radical (unpaired) electrons. The summed E-state index contributed by atoms with van der Waals surface area (Å²) in [5.74, 6) is -0.0288.